The minimum absolute atomic E-state index is 0.0336. The molecule has 0 bridgehead atoms. The van der Waals surface area contributed by atoms with Gasteiger partial charge in [-0.05, 0) is 24.6 Å². The molecule has 0 saturated carbocycles. The summed E-state index contributed by atoms with van der Waals surface area (Å²) in [5, 5.41) is 5.89. The van der Waals surface area contributed by atoms with Gasteiger partial charge < -0.3 is 10.6 Å². The third kappa shape index (κ3) is 2.42. The summed E-state index contributed by atoms with van der Waals surface area (Å²) >= 11 is 0. The topological polar surface area (TPSA) is 61.9 Å². The Bertz CT molecular complexity index is 628. The van der Waals surface area contributed by atoms with E-state index in [-0.39, 0.29) is 12.5 Å². The zero-order chi connectivity index (χ0) is 14.1. The Morgan fingerprint density at radius 3 is 2.75 bits per heavy atom. The molecule has 0 atom stereocenters. The minimum Gasteiger partial charge on any atom is -0.398 e. The zero-order valence-corrected chi connectivity index (χ0v) is 11.3. The number of nitrogens with zero attached hydrogens (tertiary/aromatic N) is 3. The van der Waals surface area contributed by atoms with Crippen LogP contribution in [0.4, 0.5) is 0 Å². The van der Waals surface area contributed by atoms with Crippen LogP contribution >= 0.6 is 0 Å². The fourth-order valence-electron chi connectivity index (χ4n) is 2.17. The molecule has 1 aromatic carbocycles. The fraction of sp³-hybridized carbons (Fsp3) is 0.200. The van der Waals surface area contributed by atoms with Gasteiger partial charge in [-0.2, -0.15) is 5.10 Å². The molecule has 0 radical (unpaired) electrons. The standard InChI is InChI=1S/C15H16N4O/c1-11-2-4-12(5-3-11)8-19-15(20)10-18-9-13(16)6-7-14(18)17-19/h2-7,9H,8,10,16H2,1H3. The molecule has 1 aromatic rings. The number of benzene rings is 1. The minimum atomic E-state index is -0.0336. The van der Waals surface area contributed by atoms with Crippen molar-refractivity contribution in [3.05, 3.63) is 59.4 Å². The van der Waals surface area contributed by atoms with E-state index in [0.717, 1.165) is 11.4 Å². The van der Waals surface area contributed by atoms with Crippen molar-refractivity contribution in [2.45, 2.75) is 13.5 Å². The van der Waals surface area contributed by atoms with Crippen LogP contribution in [0.5, 0.6) is 0 Å². The van der Waals surface area contributed by atoms with Crippen molar-refractivity contribution >= 4 is 11.7 Å². The maximum Gasteiger partial charge on any atom is 0.263 e. The van der Waals surface area contributed by atoms with Crippen molar-refractivity contribution in [2.75, 3.05) is 6.54 Å². The number of hydrazone groups is 1. The molecule has 2 aliphatic heterocycles. The van der Waals surface area contributed by atoms with Crippen molar-refractivity contribution in [1.29, 1.82) is 0 Å². The first-order valence-corrected chi connectivity index (χ1v) is 6.48. The van der Waals surface area contributed by atoms with Crippen LogP contribution in [0.1, 0.15) is 11.1 Å². The second kappa shape index (κ2) is 4.85. The highest BCUT2D eigenvalue weighted by molar-refractivity contribution is 6.00. The first-order valence-electron chi connectivity index (χ1n) is 6.48. The van der Waals surface area contributed by atoms with E-state index >= 15 is 0 Å². The van der Waals surface area contributed by atoms with Gasteiger partial charge in [0, 0.05) is 11.9 Å². The summed E-state index contributed by atoms with van der Waals surface area (Å²) in [5.74, 6) is 0.708. The third-order valence-corrected chi connectivity index (χ3v) is 3.29. The average Bonchev–Trinajstić information content (AvgIpc) is 2.42. The number of rotatable bonds is 2. The van der Waals surface area contributed by atoms with E-state index in [1.165, 1.54) is 10.6 Å². The van der Waals surface area contributed by atoms with E-state index in [4.69, 9.17) is 5.73 Å². The summed E-state index contributed by atoms with van der Waals surface area (Å²) in [5.41, 5.74) is 8.61. The number of amidine groups is 1. The van der Waals surface area contributed by atoms with Crippen LogP contribution in [0.15, 0.2) is 53.4 Å². The summed E-state index contributed by atoms with van der Waals surface area (Å²) in [7, 11) is 0. The zero-order valence-electron chi connectivity index (χ0n) is 11.3. The lowest BCUT2D eigenvalue weighted by Gasteiger charge is -2.31. The number of aryl methyl sites for hydroxylation is 1. The van der Waals surface area contributed by atoms with Crippen LogP contribution in [0.3, 0.4) is 0 Å². The molecule has 0 unspecified atom stereocenters. The molecule has 102 valence electrons. The average molecular weight is 268 g/mol. The van der Waals surface area contributed by atoms with E-state index in [9.17, 15) is 4.79 Å². The van der Waals surface area contributed by atoms with Crippen molar-refractivity contribution in [1.82, 2.24) is 9.91 Å². The number of hydrogen-bond acceptors (Lipinski definition) is 4. The second-order valence-electron chi connectivity index (χ2n) is 4.99. The number of nitrogens with two attached hydrogens (primary N) is 1. The number of carbonyl (C=O) groups is 1. The fourth-order valence-corrected chi connectivity index (χ4v) is 2.17. The van der Waals surface area contributed by atoms with Gasteiger partial charge in [0.05, 0.1) is 6.54 Å². The number of allylic oxidation sites excluding steroid dienone is 1. The van der Waals surface area contributed by atoms with Crippen molar-refractivity contribution < 1.29 is 4.79 Å². The molecule has 5 nitrogen and oxygen atoms in total. The van der Waals surface area contributed by atoms with Crippen LogP contribution < -0.4 is 5.73 Å². The molecule has 0 fully saturated rings. The molecular formula is C15H16N4O. The molecule has 1 amide bonds. The summed E-state index contributed by atoms with van der Waals surface area (Å²) in [6.45, 7) is 2.80. The highest BCUT2D eigenvalue weighted by Crippen LogP contribution is 2.15. The molecule has 0 aliphatic carbocycles. The van der Waals surface area contributed by atoms with Gasteiger partial charge in [-0.1, -0.05) is 29.8 Å². The van der Waals surface area contributed by atoms with Gasteiger partial charge in [0.1, 0.15) is 6.54 Å². The largest absolute Gasteiger partial charge is 0.398 e. The number of fused-ring (bicyclic) bond motifs is 1. The van der Waals surface area contributed by atoms with Gasteiger partial charge in [0.15, 0.2) is 5.84 Å². The lowest BCUT2D eigenvalue weighted by atomic mass is 10.1. The highest BCUT2D eigenvalue weighted by Gasteiger charge is 2.25. The summed E-state index contributed by atoms with van der Waals surface area (Å²) in [6, 6.07) is 8.11. The van der Waals surface area contributed by atoms with Crippen LogP contribution in [0.25, 0.3) is 0 Å². The van der Waals surface area contributed by atoms with Crippen LogP contribution in [0, 0.1) is 6.92 Å². The Labute approximate surface area is 117 Å². The first kappa shape index (κ1) is 12.5. The molecular weight excluding hydrogens is 252 g/mol. The number of amides is 1. The van der Waals surface area contributed by atoms with Gasteiger partial charge in [-0.3, -0.25) is 4.79 Å². The Morgan fingerprint density at radius 1 is 1.25 bits per heavy atom. The van der Waals surface area contributed by atoms with Gasteiger partial charge in [-0.15, -0.1) is 0 Å². The van der Waals surface area contributed by atoms with E-state index < -0.39 is 0 Å². The Morgan fingerprint density at radius 2 is 2.00 bits per heavy atom. The lowest BCUT2D eigenvalue weighted by Crippen LogP contribution is -2.45. The van der Waals surface area contributed by atoms with Crippen molar-refractivity contribution in [2.24, 2.45) is 10.8 Å². The predicted octanol–water partition coefficient (Wildman–Crippen LogP) is 1.32. The van der Waals surface area contributed by atoms with Crippen molar-refractivity contribution in [3.63, 3.8) is 0 Å². The van der Waals surface area contributed by atoms with E-state index in [1.807, 2.05) is 37.3 Å². The van der Waals surface area contributed by atoms with E-state index in [2.05, 4.69) is 5.10 Å². The van der Waals surface area contributed by atoms with Crippen LogP contribution in [-0.2, 0) is 11.3 Å². The molecule has 2 heterocycles. The molecule has 5 heteroatoms. The molecule has 0 spiro atoms. The van der Waals surface area contributed by atoms with Gasteiger partial charge >= 0.3 is 0 Å². The molecule has 0 aromatic heterocycles. The Kier molecular flexibility index (Phi) is 3.02. The lowest BCUT2D eigenvalue weighted by molar-refractivity contribution is -0.132. The smallest absolute Gasteiger partial charge is 0.263 e. The van der Waals surface area contributed by atoms with Gasteiger partial charge in [-0.25, -0.2) is 5.01 Å². The number of hydrogen-bond donors (Lipinski definition) is 1. The SMILES string of the molecule is Cc1ccc(CN2N=C3C=CC(N)=CN3CC2=O)cc1. The van der Waals surface area contributed by atoms with Gasteiger partial charge in [0.25, 0.3) is 5.91 Å². The third-order valence-electron chi connectivity index (χ3n) is 3.29. The Balaban J connectivity index is 1.81. The maximum absolute atomic E-state index is 12.1. The van der Waals surface area contributed by atoms with Gasteiger partial charge in [0.2, 0.25) is 0 Å². The monoisotopic (exact) mass is 268 g/mol. The summed E-state index contributed by atoms with van der Waals surface area (Å²) in [4.78, 5) is 13.9. The van der Waals surface area contributed by atoms with Crippen LogP contribution in [0.2, 0.25) is 0 Å². The highest BCUT2D eigenvalue weighted by atomic mass is 16.2. The molecule has 2 N–H and O–H groups in total. The van der Waals surface area contributed by atoms with Crippen molar-refractivity contribution in [3.8, 4) is 0 Å². The maximum atomic E-state index is 12.1. The quantitative estimate of drug-likeness (QED) is 0.880. The molecule has 2 aliphatic rings. The predicted molar refractivity (Wildman–Crippen MR) is 77.3 cm³/mol. The second-order valence-corrected chi connectivity index (χ2v) is 4.99. The first-order chi connectivity index (χ1) is 9.61. The molecule has 0 saturated heterocycles. The van der Waals surface area contributed by atoms with E-state index in [0.29, 0.717) is 12.2 Å². The summed E-state index contributed by atoms with van der Waals surface area (Å²) < 4.78 is 0. The normalized spacial score (nSPS) is 17.8. The van der Waals surface area contributed by atoms with E-state index in [1.54, 1.807) is 17.2 Å². The van der Waals surface area contributed by atoms with Crippen LogP contribution in [-0.4, -0.2) is 28.2 Å². The molecule has 3 rings (SSSR count). The Hall–Kier alpha value is -2.56. The summed E-state index contributed by atoms with van der Waals surface area (Å²) in [6.07, 6.45) is 5.35. The number of carbonyl (C=O) groups excluding carboxylic acids is 1. The molecule has 20 heavy (non-hydrogen) atoms.